The van der Waals surface area contributed by atoms with Crippen LogP contribution in [0, 0.1) is 0 Å². The van der Waals surface area contributed by atoms with Gasteiger partial charge in [0.1, 0.15) is 0 Å². The first-order chi connectivity index (χ1) is 5.20. The van der Waals surface area contributed by atoms with Gasteiger partial charge in [0.2, 0.25) is 0 Å². The van der Waals surface area contributed by atoms with Crippen molar-refractivity contribution >= 4 is 17.9 Å². The van der Waals surface area contributed by atoms with Gasteiger partial charge in [-0.3, -0.25) is 0 Å². The van der Waals surface area contributed by atoms with E-state index in [1.54, 1.807) is 0 Å². The number of aliphatic carboxylic acids is 3. The maximum atomic E-state index is 8.89. The summed E-state index contributed by atoms with van der Waals surface area (Å²) < 4.78 is 0. The Bertz CT molecular complexity index is 115. The zero-order valence-corrected chi connectivity index (χ0v) is 8.79. The predicted molar refractivity (Wildman–Crippen MR) is 32.0 cm³/mol. The number of carboxylic acids is 3. The molecule has 0 aliphatic heterocycles. The van der Waals surface area contributed by atoms with Gasteiger partial charge in [-0.05, 0) is 20.8 Å². The Morgan fingerprint density at radius 2 is 0.692 bits per heavy atom. The molecule has 0 atom stereocenters. The van der Waals surface area contributed by atoms with E-state index in [4.69, 9.17) is 29.7 Å². The van der Waals surface area contributed by atoms with Crippen molar-refractivity contribution in [2.75, 3.05) is 0 Å². The van der Waals surface area contributed by atoms with E-state index in [9.17, 15) is 0 Å². The summed E-state index contributed by atoms with van der Waals surface area (Å²) >= 11 is 0. The zero-order chi connectivity index (χ0) is 10.7. The molecule has 0 aromatic heterocycles. The van der Waals surface area contributed by atoms with E-state index in [2.05, 4.69) is 0 Å². The van der Waals surface area contributed by atoms with E-state index in [1.807, 2.05) is 0 Å². The molecule has 0 saturated carbocycles. The van der Waals surface area contributed by atoms with Crippen LogP contribution < -0.4 is 15.3 Å². The van der Waals surface area contributed by atoms with Crippen LogP contribution in [0.5, 0.6) is 0 Å². The van der Waals surface area contributed by atoms with E-state index < -0.39 is 17.9 Å². The van der Waals surface area contributed by atoms with Gasteiger partial charge < -0.3 is 29.7 Å². The third-order valence-corrected chi connectivity index (χ3v) is 0. The molecule has 0 unspecified atom stereocenters. The molecule has 75 valence electrons. The van der Waals surface area contributed by atoms with Crippen LogP contribution in [0.4, 0.5) is 0 Å². The molecule has 1 radical (unpaired) electrons. The van der Waals surface area contributed by atoms with E-state index in [1.165, 1.54) is 0 Å². The van der Waals surface area contributed by atoms with Gasteiger partial charge in [0, 0.05) is 17.9 Å². The zero-order valence-electron chi connectivity index (χ0n) is 7.40. The summed E-state index contributed by atoms with van der Waals surface area (Å²) in [5.74, 6) is -3.25. The van der Waals surface area contributed by atoms with Crippen molar-refractivity contribution in [3.63, 3.8) is 0 Å². The van der Waals surface area contributed by atoms with Crippen molar-refractivity contribution in [2.24, 2.45) is 0 Å². The Morgan fingerprint density at radius 1 is 0.692 bits per heavy atom. The largest absolute Gasteiger partial charge is 2.00 e. The fourth-order valence-electron chi connectivity index (χ4n) is 0. The van der Waals surface area contributed by atoms with Crippen LogP contribution in [0.2, 0.25) is 0 Å². The number of hydrogen-bond acceptors (Lipinski definition) is 6. The van der Waals surface area contributed by atoms with E-state index >= 15 is 0 Å². The van der Waals surface area contributed by atoms with Crippen LogP contribution in [0.3, 0.4) is 0 Å². The molecule has 0 aromatic carbocycles. The molecule has 0 aliphatic rings. The van der Waals surface area contributed by atoms with Crippen molar-refractivity contribution < 1.29 is 48.3 Å². The van der Waals surface area contributed by atoms with Gasteiger partial charge in [-0.25, -0.2) is 0 Å². The average molecular weight is 228 g/mol. The van der Waals surface area contributed by atoms with E-state index in [-0.39, 0.29) is 18.6 Å². The molecule has 0 aliphatic carbocycles. The van der Waals surface area contributed by atoms with Crippen molar-refractivity contribution in [1.82, 2.24) is 0 Å². The first-order valence-corrected chi connectivity index (χ1v) is 2.72. The number of rotatable bonds is 0. The Balaban J connectivity index is -0.0000000450. The molecular formula is C6H9O6V-. The summed E-state index contributed by atoms with van der Waals surface area (Å²) in [7, 11) is 0. The summed E-state index contributed by atoms with van der Waals surface area (Å²) in [6.45, 7) is 2.92. The molecule has 7 heteroatoms. The van der Waals surface area contributed by atoms with Gasteiger partial charge >= 0.3 is 18.6 Å². The minimum atomic E-state index is -1.08. The molecule has 6 nitrogen and oxygen atoms in total. The smallest absolute Gasteiger partial charge is 0.550 e. The summed E-state index contributed by atoms with van der Waals surface area (Å²) in [5.41, 5.74) is 0. The second-order valence-electron chi connectivity index (χ2n) is 1.47. The van der Waals surface area contributed by atoms with E-state index in [0.29, 0.717) is 0 Å². The minimum Gasteiger partial charge on any atom is -0.550 e. The third kappa shape index (κ3) is 880. The number of carboxylic acid groups (broad SMARTS) is 3. The van der Waals surface area contributed by atoms with Crippen molar-refractivity contribution in [3.05, 3.63) is 0 Å². The molecule has 0 aromatic rings. The first kappa shape index (κ1) is 22.7. The molecule has 0 fully saturated rings. The second-order valence-corrected chi connectivity index (χ2v) is 1.47. The normalized spacial score (nSPS) is 5.77. The molecule has 0 spiro atoms. The van der Waals surface area contributed by atoms with E-state index in [0.717, 1.165) is 20.8 Å². The summed E-state index contributed by atoms with van der Waals surface area (Å²) in [5, 5.41) is 26.7. The van der Waals surface area contributed by atoms with Crippen LogP contribution in [0.25, 0.3) is 0 Å². The second kappa shape index (κ2) is 17.2. The van der Waals surface area contributed by atoms with Crippen LogP contribution in [-0.2, 0) is 32.9 Å². The summed E-state index contributed by atoms with van der Waals surface area (Å²) in [4.78, 5) is 26.7. The minimum absolute atomic E-state index is 0. The monoisotopic (exact) mass is 228 g/mol. The predicted octanol–water partition coefficient (Wildman–Crippen LogP) is -3.73. The van der Waals surface area contributed by atoms with Gasteiger partial charge in [0.05, 0.1) is 0 Å². The summed E-state index contributed by atoms with van der Waals surface area (Å²) in [6.07, 6.45) is 0. The number of carbonyl (C=O) groups is 3. The number of carbonyl (C=O) groups excluding carboxylic acids is 3. The quantitative estimate of drug-likeness (QED) is 0.420. The van der Waals surface area contributed by atoms with Crippen LogP contribution in [-0.4, -0.2) is 17.9 Å². The van der Waals surface area contributed by atoms with Gasteiger partial charge in [-0.1, -0.05) is 0 Å². The fourth-order valence-corrected chi connectivity index (χ4v) is 0. The Morgan fingerprint density at radius 3 is 0.692 bits per heavy atom. The maximum Gasteiger partial charge on any atom is 2.00 e. The van der Waals surface area contributed by atoms with Gasteiger partial charge in [0.25, 0.3) is 0 Å². The van der Waals surface area contributed by atoms with Crippen LogP contribution in [0.1, 0.15) is 20.8 Å². The molecule has 0 rings (SSSR count). The summed E-state index contributed by atoms with van der Waals surface area (Å²) in [6, 6.07) is 0. The third-order valence-electron chi connectivity index (χ3n) is 0. The van der Waals surface area contributed by atoms with Crippen molar-refractivity contribution in [3.8, 4) is 0 Å². The van der Waals surface area contributed by atoms with Gasteiger partial charge in [0.15, 0.2) is 0 Å². The molecule has 0 amide bonds. The van der Waals surface area contributed by atoms with Crippen molar-refractivity contribution in [1.29, 1.82) is 0 Å². The number of hydrogen-bond donors (Lipinski definition) is 0. The van der Waals surface area contributed by atoms with Crippen LogP contribution in [0.15, 0.2) is 0 Å². The fraction of sp³-hybridized carbons (Fsp3) is 0.500. The molecule has 0 saturated heterocycles. The standard InChI is InChI=1S/3C2H4O2.V/c3*1-2(3)4;/h3*1H3,(H,3,4);/q;;;+2/p-3. The average Bonchev–Trinajstić information content (AvgIpc) is 1.54. The molecule has 13 heavy (non-hydrogen) atoms. The topological polar surface area (TPSA) is 120 Å². The Hall–Kier alpha value is -1.01. The Kier molecular flexibility index (Phi) is 30.0. The molecule has 0 heterocycles. The van der Waals surface area contributed by atoms with Crippen LogP contribution >= 0.6 is 0 Å². The molecule has 0 N–H and O–H groups in total. The van der Waals surface area contributed by atoms with Gasteiger partial charge in [-0.15, -0.1) is 0 Å². The molecular weight excluding hydrogens is 219 g/mol. The Labute approximate surface area is 87.5 Å². The SMILES string of the molecule is CC(=O)[O-].CC(=O)[O-].CC(=O)[O-].[V+2]. The van der Waals surface area contributed by atoms with Gasteiger partial charge in [-0.2, -0.15) is 0 Å². The maximum absolute atomic E-state index is 8.89. The first-order valence-electron chi connectivity index (χ1n) is 2.72. The molecule has 0 bridgehead atoms. The van der Waals surface area contributed by atoms with Crippen molar-refractivity contribution in [2.45, 2.75) is 20.8 Å².